The van der Waals surface area contributed by atoms with E-state index < -0.39 is 4.92 Å². The van der Waals surface area contributed by atoms with Gasteiger partial charge in [0.15, 0.2) is 0 Å². The highest BCUT2D eigenvalue weighted by molar-refractivity contribution is 6.31. The molecule has 0 fully saturated rings. The minimum absolute atomic E-state index is 0.0114. The molecule has 0 saturated heterocycles. The van der Waals surface area contributed by atoms with Gasteiger partial charge in [-0.3, -0.25) is 15.4 Å². The van der Waals surface area contributed by atoms with Crippen molar-refractivity contribution >= 4 is 17.3 Å². The zero-order valence-corrected chi connectivity index (χ0v) is 10.2. The molecule has 1 atom stereocenters. The standard InChI is InChI=1S/C12H13ClN2O2/c1-3-10(4-2)14-8-9-5-6-11(15(16)17)7-12(9)13/h1,5-7,10,14H,4,8H2,2H3. The Bertz CT molecular complexity index is 454. The first kappa shape index (κ1) is 13.5. The SMILES string of the molecule is C#CC(CC)NCc1ccc([N+](=O)[O-])cc1Cl. The van der Waals surface area contributed by atoms with Gasteiger partial charge >= 0.3 is 0 Å². The van der Waals surface area contributed by atoms with Crippen molar-refractivity contribution in [1.82, 2.24) is 5.32 Å². The fourth-order valence-corrected chi connectivity index (χ4v) is 1.59. The molecule has 0 amide bonds. The van der Waals surface area contributed by atoms with Gasteiger partial charge < -0.3 is 0 Å². The molecule has 0 radical (unpaired) electrons. The summed E-state index contributed by atoms with van der Waals surface area (Å²) in [7, 11) is 0. The number of nitro groups is 1. The van der Waals surface area contributed by atoms with Crippen LogP contribution in [0.15, 0.2) is 18.2 Å². The number of halogens is 1. The zero-order valence-electron chi connectivity index (χ0n) is 9.44. The van der Waals surface area contributed by atoms with Crippen LogP contribution in [0.3, 0.4) is 0 Å². The number of terminal acetylenes is 1. The number of hydrogen-bond acceptors (Lipinski definition) is 3. The molecule has 4 nitrogen and oxygen atoms in total. The fraction of sp³-hybridized carbons (Fsp3) is 0.333. The van der Waals surface area contributed by atoms with Crippen LogP contribution in [0, 0.1) is 22.5 Å². The number of hydrogen-bond donors (Lipinski definition) is 1. The van der Waals surface area contributed by atoms with Crippen LogP contribution in [0.1, 0.15) is 18.9 Å². The molecular formula is C12H13ClN2O2. The van der Waals surface area contributed by atoms with Crippen molar-refractivity contribution in [2.75, 3.05) is 0 Å². The Morgan fingerprint density at radius 2 is 2.35 bits per heavy atom. The number of nitrogens with one attached hydrogen (secondary N) is 1. The van der Waals surface area contributed by atoms with E-state index in [9.17, 15) is 10.1 Å². The zero-order chi connectivity index (χ0) is 12.8. The van der Waals surface area contributed by atoms with Gasteiger partial charge in [0.1, 0.15) is 0 Å². The van der Waals surface area contributed by atoms with Gasteiger partial charge in [0.25, 0.3) is 5.69 Å². The van der Waals surface area contributed by atoms with Crippen molar-refractivity contribution < 1.29 is 4.92 Å². The number of nitrogens with zero attached hydrogens (tertiary/aromatic N) is 1. The van der Waals surface area contributed by atoms with Gasteiger partial charge in [-0.1, -0.05) is 24.4 Å². The third-order valence-electron chi connectivity index (χ3n) is 2.40. The van der Waals surface area contributed by atoms with Gasteiger partial charge in [0.2, 0.25) is 0 Å². The molecule has 17 heavy (non-hydrogen) atoms. The van der Waals surface area contributed by atoms with E-state index in [1.54, 1.807) is 6.07 Å². The summed E-state index contributed by atoms with van der Waals surface area (Å²) < 4.78 is 0. The first-order valence-corrected chi connectivity index (χ1v) is 5.58. The summed E-state index contributed by atoms with van der Waals surface area (Å²) in [6.07, 6.45) is 6.14. The molecule has 0 aliphatic rings. The number of benzene rings is 1. The molecule has 0 spiro atoms. The fourth-order valence-electron chi connectivity index (χ4n) is 1.35. The lowest BCUT2D eigenvalue weighted by molar-refractivity contribution is -0.384. The maximum absolute atomic E-state index is 10.5. The maximum Gasteiger partial charge on any atom is 0.270 e. The maximum atomic E-state index is 10.5. The summed E-state index contributed by atoms with van der Waals surface area (Å²) in [6, 6.07) is 4.40. The third kappa shape index (κ3) is 3.74. The van der Waals surface area contributed by atoms with Crippen molar-refractivity contribution in [2.24, 2.45) is 0 Å². The molecule has 1 N–H and O–H groups in total. The second-order valence-electron chi connectivity index (χ2n) is 3.54. The van der Waals surface area contributed by atoms with Crippen molar-refractivity contribution in [3.8, 4) is 12.3 Å². The predicted molar refractivity (Wildman–Crippen MR) is 67.9 cm³/mol. The number of rotatable bonds is 5. The molecule has 0 heterocycles. The van der Waals surface area contributed by atoms with Crippen LogP contribution in [0.25, 0.3) is 0 Å². The largest absolute Gasteiger partial charge is 0.300 e. The number of nitro benzene ring substituents is 1. The Morgan fingerprint density at radius 1 is 1.65 bits per heavy atom. The van der Waals surface area contributed by atoms with Crippen LogP contribution in [-0.2, 0) is 6.54 Å². The average molecular weight is 253 g/mol. The van der Waals surface area contributed by atoms with Crippen molar-refractivity contribution in [3.63, 3.8) is 0 Å². The Balaban J connectivity index is 2.73. The van der Waals surface area contributed by atoms with Gasteiger partial charge in [-0.05, 0) is 18.1 Å². The molecular weight excluding hydrogens is 240 g/mol. The smallest absolute Gasteiger partial charge is 0.270 e. The van der Waals surface area contributed by atoms with E-state index in [1.165, 1.54) is 12.1 Å². The molecule has 1 aromatic rings. The van der Waals surface area contributed by atoms with Crippen LogP contribution in [0.4, 0.5) is 5.69 Å². The Labute approximate surface area is 105 Å². The highest BCUT2D eigenvalue weighted by Gasteiger charge is 2.10. The van der Waals surface area contributed by atoms with Gasteiger partial charge in [-0.15, -0.1) is 6.42 Å². The molecule has 0 saturated carbocycles. The van der Waals surface area contributed by atoms with Crippen molar-refractivity contribution in [3.05, 3.63) is 38.9 Å². The molecule has 5 heteroatoms. The molecule has 1 aromatic carbocycles. The molecule has 0 aromatic heterocycles. The minimum atomic E-state index is -0.473. The van der Waals surface area contributed by atoms with Gasteiger partial charge in [-0.25, -0.2) is 0 Å². The molecule has 1 rings (SSSR count). The van der Waals surface area contributed by atoms with E-state index in [2.05, 4.69) is 11.2 Å². The monoisotopic (exact) mass is 252 g/mol. The first-order valence-electron chi connectivity index (χ1n) is 5.20. The molecule has 0 bridgehead atoms. The predicted octanol–water partition coefficient (Wildman–Crippen LogP) is 2.75. The van der Waals surface area contributed by atoms with E-state index in [0.29, 0.717) is 11.6 Å². The summed E-state index contributed by atoms with van der Waals surface area (Å²) in [5.41, 5.74) is 0.786. The van der Waals surface area contributed by atoms with Crippen LogP contribution in [-0.4, -0.2) is 11.0 Å². The molecule has 0 aliphatic heterocycles. The first-order chi connectivity index (χ1) is 8.08. The summed E-state index contributed by atoms with van der Waals surface area (Å²) in [6.45, 7) is 2.48. The molecule has 1 unspecified atom stereocenters. The normalized spacial score (nSPS) is 11.8. The summed E-state index contributed by atoms with van der Waals surface area (Å²) in [5, 5.41) is 14.0. The van der Waals surface area contributed by atoms with E-state index >= 15 is 0 Å². The van der Waals surface area contributed by atoms with Crippen LogP contribution >= 0.6 is 11.6 Å². The van der Waals surface area contributed by atoms with Gasteiger partial charge in [0, 0.05) is 18.7 Å². The molecule has 0 aliphatic carbocycles. The topological polar surface area (TPSA) is 55.2 Å². The van der Waals surface area contributed by atoms with Gasteiger partial charge in [0.05, 0.1) is 16.0 Å². The highest BCUT2D eigenvalue weighted by Crippen LogP contribution is 2.22. The Hall–Kier alpha value is -1.57. The van der Waals surface area contributed by atoms with E-state index in [0.717, 1.165) is 12.0 Å². The summed E-state index contributed by atoms with van der Waals surface area (Å²) >= 11 is 5.95. The molecule has 90 valence electrons. The van der Waals surface area contributed by atoms with E-state index in [1.807, 2.05) is 6.92 Å². The lowest BCUT2D eigenvalue weighted by Crippen LogP contribution is -2.26. The van der Waals surface area contributed by atoms with Crippen molar-refractivity contribution in [2.45, 2.75) is 25.9 Å². The van der Waals surface area contributed by atoms with Crippen LogP contribution in [0.2, 0.25) is 5.02 Å². The lowest BCUT2D eigenvalue weighted by Gasteiger charge is -2.11. The average Bonchev–Trinajstić information content (AvgIpc) is 2.31. The van der Waals surface area contributed by atoms with Crippen LogP contribution in [0.5, 0.6) is 0 Å². The van der Waals surface area contributed by atoms with Crippen LogP contribution < -0.4 is 5.32 Å². The second kappa shape index (κ2) is 6.24. The quantitative estimate of drug-likeness (QED) is 0.498. The highest BCUT2D eigenvalue weighted by atomic mass is 35.5. The summed E-state index contributed by atoms with van der Waals surface area (Å²) in [4.78, 5) is 10.1. The van der Waals surface area contributed by atoms with Crippen molar-refractivity contribution in [1.29, 1.82) is 0 Å². The Kier molecular flexibility index (Phi) is 4.95. The van der Waals surface area contributed by atoms with Gasteiger partial charge in [-0.2, -0.15) is 0 Å². The summed E-state index contributed by atoms with van der Waals surface area (Å²) in [5.74, 6) is 2.61. The Morgan fingerprint density at radius 3 is 2.82 bits per heavy atom. The second-order valence-corrected chi connectivity index (χ2v) is 3.95. The minimum Gasteiger partial charge on any atom is -0.300 e. The van der Waals surface area contributed by atoms with E-state index in [4.69, 9.17) is 18.0 Å². The van der Waals surface area contributed by atoms with E-state index in [-0.39, 0.29) is 11.7 Å². The lowest BCUT2D eigenvalue weighted by atomic mass is 10.1. The third-order valence-corrected chi connectivity index (χ3v) is 2.75. The number of non-ortho nitro benzene ring substituents is 1.